The molecule has 1 aromatic heterocycles. The Hall–Kier alpha value is -1.77. The van der Waals surface area contributed by atoms with Gasteiger partial charge >= 0.3 is 0 Å². The van der Waals surface area contributed by atoms with Gasteiger partial charge in [-0.2, -0.15) is 0 Å². The summed E-state index contributed by atoms with van der Waals surface area (Å²) < 4.78 is 29.6. The number of benzene rings is 1. The summed E-state index contributed by atoms with van der Waals surface area (Å²) in [5.41, 5.74) is 2.39. The molecule has 1 heterocycles. The van der Waals surface area contributed by atoms with Gasteiger partial charge in [-0.25, -0.2) is 13.3 Å². The first-order valence-electron chi connectivity index (χ1n) is 5.98. The third-order valence-corrected chi connectivity index (χ3v) is 3.12. The number of aryl methyl sites for hydroxylation is 2. The molecule has 0 spiro atoms. The van der Waals surface area contributed by atoms with E-state index in [1.54, 1.807) is 6.92 Å². The summed E-state index contributed by atoms with van der Waals surface area (Å²) in [6.07, 6.45) is 2.22. The van der Waals surface area contributed by atoms with Crippen molar-refractivity contribution in [1.29, 1.82) is 0 Å². The Labute approximate surface area is 106 Å². The maximum absolute atomic E-state index is 14.3. The van der Waals surface area contributed by atoms with Crippen LogP contribution in [-0.4, -0.2) is 0 Å². The predicted octanol–water partition coefficient (Wildman–Crippen LogP) is 3.33. The second-order valence-corrected chi connectivity index (χ2v) is 4.44. The molecule has 94 valence electrons. The lowest BCUT2D eigenvalue weighted by atomic mass is 10.0. The molecule has 0 aliphatic heterocycles. The van der Waals surface area contributed by atoms with Gasteiger partial charge in [-0.3, -0.25) is 0 Å². The van der Waals surface area contributed by atoms with E-state index in [0.717, 1.165) is 11.3 Å². The molecule has 0 N–H and O–H groups in total. The molecule has 0 saturated carbocycles. The van der Waals surface area contributed by atoms with E-state index in [1.165, 1.54) is 12.1 Å². The Morgan fingerprint density at radius 3 is 2.56 bits per heavy atom. The number of nitrogens with zero attached hydrogens (tertiary/aromatic N) is 1. The van der Waals surface area contributed by atoms with Crippen LogP contribution in [0.3, 0.4) is 0 Å². The highest BCUT2D eigenvalue weighted by Crippen LogP contribution is 2.25. The van der Waals surface area contributed by atoms with Gasteiger partial charge in [0, 0.05) is 17.7 Å². The van der Waals surface area contributed by atoms with Crippen LogP contribution >= 0.6 is 0 Å². The minimum absolute atomic E-state index is 0.147. The van der Waals surface area contributed by atoms with E-state index in [4.69, 9.17) is 0 Å². The SMILES string of the molecule is CCc1c(F)ccc(-c2cc(C)cc[n+]2C)c1F. The summed E-state index contributed by atoms with van der Waals surface area (Å²) in [7, 11) is 1.85. The second kappa shape index (κ2) is 4.84. The molecule has 0 fully saturated rings. The fraction of sp³-hybridized carbons (Fsp3) is 0.267. The summed E-state index contributed by atoms with van der Waals surface area (Å²) in [6, 6.07) is 6.68. The van der Waals surface area contributed by atoms with E-state index in [-0.39, 0.29) is 5.56 Å². The quantitative estimate of drug-likeness (QED) is 0.718. The van der Waals surface area contributed by atoms with Gasteiger partial charge in [0.15, 0.2) is 6.20 Å². The molecule has 0 radical (unpaired) electrons. The Morgan fingerprint density at radius 1 is 1.17 bits per heavy atom. The number of pyridine rings is 1. The van der Waals surface area contributed by atoms with E-state index < -0.39 is 11.6 Å². The maximum Gasteiger partial charge on any atom is 0.215 e. The first-order chi connectivity index (χ1) is 8.54. The van der Waals surface area contributed by atoms with Gasteiger partial charge in [-0.15, -0.1) is 0 Å². The summed E-state index contributed by atoms with van der Waals surface area (Å²) in [5, 5.41) is 0. The van der Waals surface area contributed by atoms with Gasteiger partial charge in [0.1, 0.15) is 18.7 Å². The molecule has 2 aromatic rings. The van der Waals surface area contributed by atoms with Crippen molar-refractivity contribution in [2.24, 2.45) is 7.05 Å². The lowest BCUT2D eigenvalue weighted by molar-refractivity contribution is -0.660. The van der Waals surface area contributed by atoms with Crippen molar-refractivity contribution in [2.45, 2.75) is 20.3 Å². The molecule has 1 nitrogen and oxygen atoms in total. The van der Waals surface area contributed by atoms with Crippen LogP contribution < -0.4 is 4.57 Å². The highest BCUT2D eigenvalue weighted by molar-refractivity contribution is 5.59. The third-order valence-electron chi connectivity index (χ3n) is 3.12. The van der Waals surface area contributed by atoms with Gasteiger partial charge in [0.05, 0.1) is 5.56 Å². The normalized spacial score (nSPS) is 10.7. The molecule has 2 rings (SSSR count). The first kappa shape index (κ1) is 12.7. The molecule has 0 bridgehead atoms. The first-order valence-corrected chi connectivity index (χ1v) is 5.98. The summed E-state index contributed by atoms with van der Waals surface area (Å²) in [6.45, 7) is 3.70. The van der Waals surface area contributed by atoms with E-state index in [0.29, 0.717) is 12.0 Å². The van der Waals surface area contributed by atoms with E-state index in [1.807, 2.05) is 36.9 Å². The van der Waals surface area contributed by atoms with Crippen LogP contribution in [0.2, 0.25) is 0 Å². The largest absolute Gasteiger partial charge is 0.215 e. The highest BCUT2D eigenvalue weighted by Gasteiger charge is 2.19. The van der Waals surface area contributed by atoms with Gasteiger partial charge in [-0.05, 0) is 31.0 Å². The van der Waals surface area contributed by atoms with Crippen LogP contribution in [0.25, 0.3) is 11.3 Å². The molecule has 1 aromatic carbocycles. The zero-order valence-corrected chi connectivity index (χ0v) is 10.8. The molecular formula is C15H16F2N+. The van der Waals surface area contributed by atoms with Crippen LogP contribution in [0.4, 0.5) is 8.78 Å². The van der Waals surface area contributed by atoms with Crippen LogP contribution in [0.1, 0.15) is 18.1 Å². The summed E-state index contributed by atoms with van der Waals surface area (Å²) in [4.78, 5) is 0. The molecule has 0 saturated heterocycles. The topological polar surface area (TPSA) is 3.88 Å². The fourth-order valence-corrected chi connectivity index (χ4v) is 2.06. The molecule has 3 heteroatoms. The van der Waals surface area contributed by atoms with Crippen LogP contribution in [0, 0.1) is 18.6 Å². The van der Waals surface area contributed by atoms with Crippen LogP contribution in [0.5, 0.6) is 0 Å². The number of rotatable bonds is 2. The van der Waals surface area contributed by atoms with Crippen molar-refractivity contribution in [3.8, 4) is 11.3 Å². The van der Waals surface area contributed by atoms with Crippen LogP contribution in [0.15, 0.2) is 30.5 Å². The molecule has 18 heavy (non-hydrogen) atoms. The van der Waals surface area contributed by atoms with Crippen molar-refractivity contribution in [3.63, 3.8) is 0 Å². The molecule has 0 aliphatic carbocycles. The fourth-order valence-electron chi connectivity index (χ4n) is 2.06. The molecule has 0 amide bonds. The third kappa shape index (κ3) is 2.13. The molecule has 0 aliphatic rings. The average molecular weight is 248 g/mol. The Kier molecular flexibility index (Phi) is 3.41. The highest BCUT2D eigenvalue weighted by atomic mass is 19.1. The maximum atomic E-state index is 14.3. The van der Waals surface area contributed by atoms with Gasteiger partial charge in [0.25, 0.3) is 0 Å². The minimum Gasteiger partial charge on any atom is -0.207 e. The van der Waals surface area contributed by atoms with E-state index in [9.17, 15) is 8.78 Å². The standard InChI is InChI=1S/C15H16F2N/c1-4-11-13(16)6-5-12(15(11)17)14-9-10(2)7-8-18(14)3/h5-9H,4H2,1-3H3/q+1. The van der Waals surface area contributed by atoms with Crippen molar-refractivity contribution in [2.75, 3.05) is 0 Å². The lowest BCUT2D eigenvalue weighted by Gasteiger charge is -2.07. The molecule has 0 unspecified atom stereocenters. The van der Waals surface area contributed by atoms with Crippen molar-refractivity contribution in [3.05, 3.63) is 53.2 Å². The van der Waals surface area contributed by atoms with Gasteiger partial charge < -0.3 is 0 Å². The molecular weight excluding hydrogens is 232 g/mol. The summed E-state index contributed by atoms with van der Waals surface area (Å²) in [5.74, 6) is -0.937. The number of hydrogen-bond acceptors (Lipinski definition) is 0. The minimum atomic E-state index is -0.478. The summed E-state index contributed by atoms with van der Waals surface area (Å²) >= 11 is 0. The van der Waals surface area contributed by atoms with Gasteiger partial charge in [-0.1, -0.05) is 6.92 Å². The number of halogens is 2. The predicted molar refractivity (Wildman–Crippen MR) is 67.1 cm³/mol. The Bertz CT molecular complexity index is 591. The van der Waals surface area contributed by atoms with E-state index in [2.05, 4.69) is 0 Å². The molecule has 0 atom stereocenters. The zero-order valence-electron chi connectivity index (χ0n) is 10.8. The van der Waals surface area contributed by atoms with E-state index >= 15 is 0 Å². The van der Waals surface area contributed by atoms with Crippen molar-refractivity contribution >= 4 is 0 Å². The number of hydrogen-bond donors (Lipinski definition) is 0. The monoisotopic (exact) mass is 248 g/mol. The second-order valence-electron chi connectivity index (χ2n) is 4.44. The van der Waals surface area contributed by atoms with Crippen molar-refractivity contribution in [1.82, 2.24) is 0 Å². The average Bonchev–Trinajstić information content (AvgIpc) is 2.34. The number of aromatic nitrogens is 1. The smallest absolute Gasteiger partial charge is 0.207 e. The Balaban J connectivity index is 2.68. The zero-order chi connectivity index (χ0) is 13.3. The van der Waals surface area contributed by atoms with Crippen molar-refractivity contribution < 1.29 is 13.3 Å². The van der Waals surface area contributed by atoms with Crippen LogP contribution in [-0.2, 0) is 13.5 Å². The lowest BCUT2D eigenvalue weighted by Crippen LogP contribution is -2.30. The Morgan fingerprint density at radius 2 is 1.89 bits per heavy atom. The van der Waals surface area contributed by atoms with Gasteiger partial charge in [0.2, 0.25) is 5.69 Å².